The standard InChI is InChI=1S/C16H18BrN3O3/c1-2-12-16(23)20-8-11(7-13(20)15(22)19-12)18-14(21)9-3-5-10(17)6-4-9/h3-6,11-13H,2,7-8H2,1H3,(H,18,21)(H,19,22)/t11-,12-,13-/m0/s1. The van der Waals surface area contributed by atoms with E-state index in [9.17, 15) is 14.4 Å². The lowest BCUT2D eigenvalue weighted by Gasteiger charge is -2.33. The number of benzene rings is 1. The molecule has 6 nitrogen and oxygen atoms in total. The monoisotopic (exact) mass is 379 g/mol. The Kier molecular flexibility index (Phi) is 4.39. The van der Waals surface area contributed by atoms with Gasteiger partial charge in [0.2, 0.25) is 11.8 Å². The maximum Gasteiger partial charge on any atom is 0.251 e. The van der Waals surface area contributed by atoms with E-state index in [1.54, 1.807) is 29.2 Å². The summed E-state index contributed by atoms with van der Waals surface area (Å²) >= 11 is 3.33. The normalized spacial score (nSPS) is 26.7. The lowest BCUT2D eigenvalue weighted by atomic mass is 10.1. The minimum atomic E-state index is -0.472. The zero-order valence-corrected chi connectivity index (χ0v) is 14.3. The second-order valence-corrected chi connectivity index (χ2v) is 6.80. The van der Waals surface area contributed by atoms with Gasteiger partial charge in [0.1, 0.15) is 12.1 Å². The summed E-state index contributed by atoms with van der Waals surface area (Å²) in [5.74, 6) is -0.378. The van der Waals surface area contributed by atoms with E-state index in [2.05, 4.69) is 26.6 Å². The minimum absolute atomic E-state index is 0.0579. The number of halogens is 1. The van der Waals surface area contributed by atoms with Gasteiger partial charge in [-0.25, -0.2) is 0 Å². The summed E-state index contributed by atoms with van der Waals surface area (Å²) in [6.45, 7) is 2.25. The Morgan fingerprint density at radius 3 is 2.70 bits per heavy atom. The van der Waals surface area contributed by atoms with Crippen LogP contribution >= 0.6 is 15.9 Å². The number of carbonyl (C=O) groups is 3. The molecule has 0 radical (unpaired) electrons. The minimum Gasteiger partial charge on any atom is -0.347 e. The Labute approximate surface area is 142 Å². The first-order chi connectivity index (χ1) is 11.0. The number of amides is 3. The Morgan fingerprint density at radius 1 is 1.35 bits per heavy atom. The van der Waals surface area contributed by atoms with Crippen LogP contribution in [0.4, 0.5) is 0 Å². The van der Waals surface area contributed by atoms with Gasteiger partial charge in [-0.2, -0.15) is 0 Å². The van der Waals surface area contributed by atoms with E-state index < -0.39 is 12.1 Å². The van der Waals surface area contributed by atoms with Gasteiger partial charge in [0, 0.05) is 22.6 Å². The van der Waals surface area contributed by atoms with Crippen molar-refractivity contribution in [3.05, 3.63) is 34.3 Å². The van der Waals surface area contributed by atoms with Crippen LogP contribution < -0.4 is 10.6 Å². The second-order valence-electron chi connectivity index (χ2n) is 5.89. The molecular formula is C16H18BrN3O3. The van der Waals surface area contributed by atoms with Crippen LogP contribution in [0.25, 0.3) is 0 Å². The van der Waals surface area contributed by atoms with Crippen LogP contribution in [0.15, 0.2) is 28.7 Å². The summed E-state index contributed by atoms with van der Waals surface area (Å²) in [7, 11) is 0. The van der Waals surface area contributed by atoms with Gasteiger partial charge in [-0.1, -0.05) is 22.9 Å². The summed E-state index contributed by atoms with van der Waals surface area (Å²) in [6.07, 6.45) is 1.03. The first-order valence-electron chi connectivity index (χ1n) is 7.67. The number of hydrogen-bond acceptors (Lipinski definition) is 3. The van der Waals surface area contributed by atoms with Crippen molar-refractivity contribution in [3.63, 3.8) is 0 Å². The molecule has 0 bridgehead atoms. The van der Waals surface area contributed by atoms with E-state index in [1.807, 2.05) is 6.92 Å². The molecule has 2 N–H and O–H groups in total. The summed E-state index contributed by atoms with van der Waals surface area (Å²) in [5, 5.41) is 5.67. The molecule has 0 unspecified atom stereocenters. The fraction of sp³-hybridized carbons (Fsp3) is 0.438. The van der Waals surface area contributed by atoms with Crippen molar-refractivity contribution in [2.75, 3.05) is 6.54 Å². The number of fused-ring (bicyclic) bond motifs is 1. The van der Waals surface area contributed by atoms with Crippen molar-refractivity contribution in [3.8, 4) is 0 Å². The van der Waals surface area contributed by atoms with Crippen molar-refractivity contribution < 1.29 is 14.4 Å². The molecule has 3 rings (SSSR count). The topological polar surface area (TPSA) is 78.5 Å². The first kappa shape index (κ1) is 16.0. The Hall–Kier alpha value is -1.89. The van der Waals surface area contributed by atoms with Crippen molar-refractivity contribution in [2.24, 2.45) is 0 Å². The number of nitrogens with one attached hydrogen (secondary N) is 2. The lowest BCUT2D eigenvalue weighted by Crippen LogP contribution is -2.60. The molecule has 1 aromatic carbocycles. The van der Waals surface area contributed by atoms with Gasteiger partial charge in [-0.3, -0.25) is 14.4 Å². The summed E-state index contributed by atoms with van der Waals surface area (Å²) in [6, 6.07) is 5.94. The van der Waals surface area contributed by atoms with Crippen LogP contribution in [0.3, 0.4) is 0 Å². The van der Waals surface area contributed by atoms with Crippen LogP contribution in [0.1, 0.15) is 30.1 Å². The van der Waals surface area contributed by atoms with Gasteiger partial charge in [-0.05, 0) is 37.1 Å². The third-order valence-corrected chi connectivity index (χ3v) is 4.88. The van der Waals surface area contributed by atoms with E-state index in [1.165, 1.54) is 0 Å². The predicted octanol–water partition coefficient (Wildman–Crippen LogP) is 1.06. The van der Waals surface area contributed by atoms with Crippen LogP contribution in [0, 0.1) is 0 Å². The molecule has 3 amide bonds. The first-order valence-corrected chi connectivity index (χ1v) is 8.46. The van der Waals surface area contributed by atoms with Crippen LogP contribution in [0.5, 0.6) is 0 Å². The quantitative estimate of drug-likeness (QED) is 0.823. The molecule has 0 spiro atoms. The molecule has 2 saturated heterocycles. The number of rotatable bonds is 3. The van der Waals surface area contributed by atoms with Crippen LogP contribution in [-0.4, -0.2) is 47.3 Å². The highest BCUT2D eigenvalue weighted by molar-refractivity contribution is 9.10. The smallest absolute Gasteiger partial charge is 0.251 e. The van der Waals surface area contributed by atoms with E-state index in [4.69, 9.17) is 0 Å². The average molecular weight is 380 g/mol. The highest BCUT2D eigenvalue weighted by Crippen LogP contribution is 2.23. The largest absolute Gasteiger partial charge is 0.347 e. The summed E-state index contributed by atoms with van der Waals surface area (Å²) in [5.41, 5.74) is 0.556. The fourth-order valence-electron chi connectivity index (χ4n) is 3.11. The van der Waals surface area contributed by atoms with Gasteiger partial charge in [0.25, 0.3) is 5.91 Å². The maximum atomic E-state index is 12.3. The Bertz CT molecular complexity index is 646. The van der Waals surface area contributed by atoms with Crippen molar-refractivity contribution in [1.29, 1.82) is 0 Å². The molecule has 122 valence electrons. The lowest BCUT2D eigenvalue weighted by molar-refractivity contribution is -0.147. The van der Waals surface area contributed by atoms with E-state index in [0.29, 0.717) is 24.9 Å². The van der Waals surface area contributed by atoms with Gasteiger partial charge in [-0.15, -0.1) is 0 Å². The summed E-state index contributed by atoms with van der Waals surface area (Å²) in [4.78, 5) is 38.3. The number of hydrogen-bond donors (Lipinski definition) is 2. The SMILES string of the molecule is CC[C@@H]1NC(=O)[C@@H]2C[C@H](NC(=O)c3ccc(Br)cc3)CN2C1=O. The molecule has 3 atom stereocenters. The molecule has 2 heterocycles. The van der Waals surface area contributed by atoms with Gasteiger partial charge in [0.15, 0.2) is 0 Å². The van der Waals surface area contributed by atoms with Gasteiger partial charge in [0.05, 0.1) is 0 Å². The molecule has 1 aromatic rings. The molecule has 23 heavy (non-hydrogen) atoms. The van der Waals surface area contributed by atoms with E-state index >= 15 is 0 Å². The van der Waals surface area contributed by atoms with E-state index in [-0.39, 0.29) is 23.8 Å². The maximum absolute atomic E-state index is 12.3. The molecule has 0 aliphatic carbocycles. The van der Waals surface area contributed by atoms with Crippen LogP contribution in [-0.2, 0) is 9.59 Å². The number of nitrogens with zero attached hydrogens (tertiary/aromatic N) is 1. The highest BCUT2D eigenvalue weighted by Gasteiger charge is 2.46. The summed E-state index contributed by atoms with van der Waals surface area (Å²) < 4.78 is 0.903. The molecule has 0 saturated carbocycles. The third-order valence-electron chi connectivity index (χ3n) is 4.35. The second kappa shape index (κ2) is 6.31. The average Bonchev–Trinajstić information content (AvgIpc) is 2.96. The Morgan fingerprint density at radius 2 is 2.04 bits per heavy atom. The predicted molar refractivity (Wildman–Crippen MR) is 87.7 cm³/mol. The van der Waals surface area contributed by atoms with Crippen LogP contribution in [0.2, 0.25) is 0 Å². The molecule has 2 aliphatic heterocycles. The molecule has 2 fully saturated rings. The molecular weight excluding hydrogens is 362 g/mol. The number of carbonyl (C=O) groups excluding carboxylic acids is 3. The zero-order valence-electron chi connectivity index (χ0n) is 12.7. The van der Waals surface area contributed by atoms with Crippen molar-refractivity contribution >= 4 is 33.7 Å². The number of piperazine rings is 1. The Balaban J connectivity index is 1.67. The molecule has 0 aromatic heterocycles. The molecule has 7 heteroatoms. The zero-order chi connectivity index (χ0) is 16.6. The van der Waals surface area contributed by atoms with Crippen molar-refractivity contribution in [2.45, 2.75) is 37.9 Å². The van der Waals surface area contributed by atoms with Gasteiger partial charge >= 0.3 is 0 Å². The van der Waals surface area contributed by atoms with E-state index in [0.717, 1.165) is 4.47 Å². The molecule has 2 aliphatic rings. The fourth-order valence-corrected chi connectivity index (χ4v) is 3.37. The van der Waals surface area contributed by atoms with Gasteiger partial charge < -0.3 is 15.5 Å². The van der Waals surface area contributed by atoms with Crippen molar-refractivity contribution in [1.82, 2.24) is 15.5 Å². The third kappa shape index (κ3) is 3.10. The highest BCUT2D eigenvalue weighted by atomic mass is 79.9.